The van der Waals surface area contributed by atoms with Crippen LogP contribution in [0.5, 0.6) is 0 Å². The summed E-state index contributed by atoms with van der Waals surface area (Å²) < 4.78 is 3.01. The van der Waals surface area contributed by atoms with Gasteiger partial charge in [0.05, 0.1) is 6.10 Å². The van der Waals surface area contributed by atoms with Gasteiger partial charge in [-0.05, 0) is 47.7 Å². The van der Waals surface area contributed by atoms with E-state index >= 15 is 0 Å². The van der Waals surface area contributed by atoms with E-state index in [1.165, 1.54) is 0 Å². The van der Waals surface area contributed by atoms with E-state index in [2.05, 4.69) is 25.8 Å². The molecule has 1 aromatic rings. The Kier molecular flexibility index (Phi) is 3.67. The topological polar surface area (TPSA) is 54.3 Å². The van der Waals surface area contributed by atoms with Gasteiger partial charge in [-0.3, -0.25) is 4.79 Å². The van der Waals surface area contributed by atoms with E-state index < -0.39 is 0 Å². The van der Waals surface area contributed by atoms with Gasteiger partial charge < -0.3 is 15.0 Å². The van der Waals surface area contributed by atoms with Crippen molar-refractivity contribution >= 4 is 21.8 Å². The lowest BCUT2D eigenvalue weighted by Crippen LogP contribution is -2.33. The van der Waals surface area contributed by atoms with Crippen molar-refractivity contribution in [3.63, 3.8) is 0 Å². The van der Waals surface area contributed by atoms with Crippen molar-refractivity contribution in [2.24, 2.45) is 5.92 Å². The third kappa shape index (κ3) is 2.87. The largest absolute Gasteiger partial charge is 0.393 e. The fourth-order valence-corrected chi connectivity index (χ4v) is 3.29. The molecule has 104 valence electrons. The molecule has 0 bridgehead atoms. The van der Waals surface area contributed by atoms with Crippen LogP contribution in [0, 0.1) is 5.92 Å². The molecule has 2 aliphatic carbocycles. The van der Waals surface area contributed by atoms with E-state index in [1.807, 2.05) is 12.3 Å². The molecular formula is C14H19BrN2O2. The number of nitrogens with one attached hydrogen (secondary N) is 1. The lowest BCUT2D eigenvalue weighted by atomic mass is 10.1. The van der Waals surface area contributed by atoms with E-state index in [4.69, 9.17) is 0 Å². The first-order chi connectivity index (χ1) is 9.15. The lowest BCUT2D eigenvalue weighted by Gasteiger charge is -2.15. The molecule has 0 spiro atoms. The fraction of sp³-hybridized carbons (Fsp3) is 0.643. The Morgan fingerprint density at radius 3 is 2.84 bits per heavy atom. The van der Waals surface area contributed by atoms with Crippen LogP contribution in [0.2, 0.25) is 0 Å². The number of aromatic nitrogens is 1. The second-order valence-electron chi connectivity index (χ2n) is 5.65. The van der Waals surface area contributed by atoms with E-state index in [-0.39, 0.29) is 17.9 Å². The Bertz CT molecular complexity index is 482. The SMILES string of the molecule is O=C(NCC1CCCC1O)c1cc(Br)cn1C1CC1. The zero-order chi connectivity index (χ0) is 13.4. The van der Waals surface area contributed by atoms with Crippen molar-refractivity contribution in [2.75, 3.05) is 6.54 Å². The zero-order valence-corrected chi connectivity index (χ0v) is 12.4. The predicted molar refractivity (Wildman–Crippen MR) is 76.1 cm³/mol. The first-order valence-electron chi connectivity index (χ1n) is 6.99. The normalized spacial score (nSPS) is 26.6. The van der Waals surface area contributed by atoms with E-state index in [0.717, 1.165) is 42.3 Å². The van der Waals surface area contributed by atoms with Gasteiger partial charge in [-0.15, -0.1) is 0 Å². The molecule has 2 unspecified atom stereocenters. The summed E-state index contributed by atoms with van der Waals surface area (Å²) in [7, 11) is 0. The number of rotatable bonds is 4. The molecule has 0 aromatic carbocycles. The van der Waals surface area contributed by atoms with Gasteiger partial charge >= 0.3 is 0 Å². The van der Waals surface area contributed by atoms with Crippen LogP contribution in [0.1, 0.15) is 48.6 Å². The smallest absolute Gasteiger partial charge is 0.267 e. The van der Waals surface area contributed by atoms with Crippen molar-refractivity contribution in [1.82, 2.24) is 9.88 Å². The number of aliphatic hydroxyl groups is 1. The minimum atomic E-state index is -0.248. The Morgan fingerprint density at radius 1 is 1.42 bits per heavy atom. The standard InChI is InChI=1S/C14H19BrN2O2/c15-10-6-12(17(8-10)11-4-5-11)14(19)16-7-9-2-1-3-13(9)18/h6,8-9,11,13,18H,1-5,7H2,(H,16,19). The summed E-state index contributed by atoms with van der Waals surface area (Å²) in [5.41, 5.74) is 0.724. The van der Waals surface area contributed by atoms with Crippen LogP contribution >= 0.6 is 15.9 Å². The van der Waals surface area contributed by atoms with Gasteiger partial charge in [0.15, 0.2) is 0 Å². The molecule has 2 atom stereocenters. The number of amides is 1. The third-order valence-corrected chi connectivity index (χ3v) is 4.57. The van der Waals surface area contributed by atoms with Crippen LogP contribution in [-0.2, 0) is 0 Å². The fourth-order valence-electron chi connectivity index (χ4n) is 2.85. The summed E-state index contributed by atoms with van der Waals surface area (Å²) in [5.74, 6) is 0.188. The second-order valence-corrected chi connectivity index (χ2v) is 6.57. The average Bonchev–Trinajstić information content (AvgIpc) is 3.04. The Labute approximate surface area is 121 Å². The highest BCUT2D eigenvalue weighted by Gasteiger charge is 2.29. The maximum Gasteiger partial charge on any atom is 0.267 e. The van der Waals surface area contributed by atoms with Crippen LogP contribution in [0.15, 0.2) is 16.7 Å². The molecule has 2 fully saturated rings. The molecule has 5 heteroatoms. The molecule has 2 aliphatic rings. The Balaban J connectivity index is 1.63. The maximum absolute atomic E-state index is 12.2. The van der Waals surface area contributed by atoms with Crippen molar-refractivity contribution < 1.29 is 9.90 Å². The van der Waals surface area contributed by atoms with Crippen molar-refractivity contribution in [1.29, 1.82) is 0 Å². The number of carbonyl (C=O) groups is 1. The predicted octanol–water partition coefficient (Wildman–Crippen LogP) is 2.48. The number of hydrogen-bond donors (Lipinski definition) is 2. The molecule has 1 aromatic heterocycles. The highest BCUT2D eigenvalue weighted by atomic mass is 79.9. The molecule has 4 nitrogen and oxygen atoms in total. The Morgan fingerprint density at radius 2 is 2.21 bits per heavy atom. The number of hydrogen-bond acceptors (Lipinski definition) is 2. The van der Waals surface area contributed by atoms with Crippen molar-refractivity contribution in [2.45, 2.75) is 44.2 Å². The summed E-state index contributed by atoms with van der Waals surface area (Å²) in [6, 6.07) is 2.36. The van der Waals surface area contributed by atoms with Crippen molar-refractivity contribution in [3.05, 3.63) is 22.4 Å². The molecule has 2 N–H and O–H groups in total. The van der Waals surface area contributed by atoms with Crippen LogP contribution in [0.3, 0.4) is 0 Å². The number of halogens is 1. The lowest BCUT2D eigenvalue weighted by molar-refractivity contribution is 0.0907. The van der Waals surface area contributed by atoms with E-state index in [9.17, 15) is 9.90 Å². The van der Waals surface area contributed by atoms with E-state index in [1.54, 1.807) is 0 Å². The quantitative estimate of drug-likeness (QED) is 0.893. The van der Waals surface area contributed by atoms with E-state index in [0.29, 0.717) is 12.6 Å². The first kappa shape index (κ1) is 13.2. The highest BCUT2D eigenvalue weighted by Crippen LogP contribution is 2.37. The third-order valence-electron chi connectivity index (χ3n) is 4.13. The summed E-state index contributed by atoms with van der Waals surface area (Å²) in [6.07, 6.45) is 6.98. The molecule has 1 heterocycles. The number of carbonyl (C=O) groups excluding carboxylic acids is 1. The van der Waals surface area contributed by atoms with Crippen LogP contribution < -0.4 is 5.32 Å². The zero-order valence-electron chi connectivity index (χ0n) is 10.8. The molecule has 0 radical (unpaired) electrons. The highest BCUT2D eigenvalue weighted by molar-refractivity contribution is 9.10. The summed E-state index contributed by atoms with van der Waals surface area (Å²) in [4.78, 5) is 12.2. The first-order valence-corrected chi connectivity index (χ1v) is 7.78. The summed E-state index contributed by atoms with van der Waals surface area (Å²) >= 11 is 3.43. The Hall–Kier alpha value is -0.810. The van der Waals surface area contributed by atoms with Crippen LogP contribution in [0.4, 0.5) is 0 Å². The summed E-state index contributed by atoms with van der Waals surface area (Å²) in [6.45, 7) is 0.577. The van der Waals surface area contributed by atoms with Gasteiger partial charge in [-0.2, -0.15) is 0 Å². The average molecular weight is 327 g/mol. The van der Waals surface area contributed by atoms with Crippen molar-refractivity contribution in [3.8, 4) is 0 Å². The minimum Gasteiger partial charge on any atom is -0.393 e. The van der Waals surface area contributed by atoms with Gasteiger partial charge in [0.1, 0.15) is 5.69 Å². The molecular weight excluding hydrogens is 308 g/mol. The van der Waals surface area contributed by atoms with Gasteiger partial charge in [0.25, 0.3) is 5.91 Å². The number of nitrogens with zero attached hydrogens (tertiary/aromatic N) is 1. The molecule has 0 aliphatic heterocycles. The molecule has 3 rings (SSSR count). The monoisotopic (exact) mass is 326 g/mol. The van der Waals surface area contributed by atoms with Crippen LogP contribution in [-0.4, -0.2) is 28.2 Å². The second kappa shape index (κ2) is 5.29. The molecule has 19 heavy (non-hydrogen) atoms. The van der Waals surface area contributed by atoms with Gasteiger partial charge in [0, 0.05) is 29.2 Å². The van der Waals surface area contributed by atoms with Gasteiger partial charge in [-0.25, -0.2) is 0 Å². The minimum absolute atomic E-state index is 0.0308. The maximum atomic E-state index is 12.2. The summed E-state index contributed by atoms with van der Waals surface area (Å²) in [5, 5.41) is 12.7. The van der Waals surface area contributed by atoms with Gasteiger partial charge in [-0.1, -0.05) is 6.42 Å². The van der Waals surface area contributed by atoms with Crippen LogP contribution in [0.25, 0.3) is 0 Å². The molecule has 1 amide bonds. The molecule has 2 saturated carbocycles. The molecule has 0 saturated heterocycles. The number of aliphatic hydroxyl groups excluding tert-OH is 1. The van der Waals surface area contributed by atoms with Gasteiger partial charge in [0.2, 0.25) is 0 Å².